The van der Waals surface area contributed by atoms with Gasteiger partial charge in [-0.05, 0) is 25.1 Å². The smallest absolute Gasteiger partial charge is 0.325 e. The monoisotopic (exact) mass is 213 g/mol. The van der Waals surface area contributed by atoms with Gasteiger partial charge in [0, 0.05) is 5.56 Å². The fourth-order valence-corrected chi connectivity index (χ4v) is 1.18. The average Bonchev–Trinajstić information content (AvgIpc) is 2.20. The molecule has 0 bridgehead atoms. The molecule has 0 spiro atoms. The lowest BCUT2D eigenvalue weighted by atomic mass is 10.1. The van der Waals surface area contributed by atoms with Gasteiger partial charge in [0.05, 0.1) is 6.61 Å². The molecule has 1 rings (SSSR count). The Labute approximate surface area is 86.5 Å². The van der Waals surface area contributed by atoms with Gasteiger partial charge in [0.25, 0.3) is 0 Å². The third kappa shape index (κ3) is 2.66. The SMILES string of the molecule is CCOc1ccc(F)cc1C(N)C(=O)O. The molecular weight excluding hydrogens is 201 g/mol. The largest absolute Gasteiger partial charge is 0.494 e. The first kappa shape index (κ1) is 11.5. The van der Waals surface area contributed by atoms with Gasteiger partial charge in [-0.3, -0.25) is 4.79 Å². The zero-order valence-electron chi connectivity index (χ0n) is 8.24. The van der Waals surface area contributed by atoms with E-state index in [0.29, 0.717) is 12.4 Å². The van der Waals surface area contributed by atoms with Crippen LogP contribution in [0.2, 0.25) is 0 Å². The minimum atomic E-state index is -1.28. The summed E-state index contributed by atoms with van der Waals surface area (Å²) in [6, 6.07) is 2.37. The zero-order valence-corrected chi connectivity index (χ0v) is 8.24. The van der Waals surface area contributed by atoms with Gasteiger partial charge in [-0.15, -0.1) is 0 Å². The van der Waals surface area contributed by atoms with Crippen LogP contribution in [0.25, 0.3) is 0 Å². The molecular formula is C10H12FNO3. The fourth-order valence-electron chi connectivity index (χ4n) is 1.18. The van der Waals surface area contributed by atoms with Gasteiger partial charge in [0.2, 0.25) is 0 Å². The molecule has 82 valence electrons. The van der Waals surface area contributed by atoms with Crippen LogP contribution < -0.4 is 10.5 Å². The van der Waals surface area contributed by atoms with Crippen molar-refractivity contribution < 1.29 is 19.0 Å². The van der Waals surface area contributed by atoms with Crippen LogP contribution in [0, 0.1) is 5.82 Å². The Balaban J connectivity index is 3.11. The van der Waals surface area contributed by atoms with Crippen molar-refractivity contribution in [3.05, 3.63) is 29.6 Å². The lowest BCUT2D eigenvalue weighted by Crippen LogP contribution is -2.21. The molecule has 0 saturated heterocycles. The van der Waals surface area contributed by atoms with Crippen molar-refractivity contribution in [2.45, 2.75) is 13.0 Å². The standard InChI is InChI=1S/C10H12FNO3/c1-2-15-8-4-3-6(11)5-7(8)9(12)10(13)14/h3-5,9H,2,12H2,1H3,(H,13,14). The van der Waals surface area contributed by atoms with Crippen LogP contribution in [0.5, 0.6) is 5.75 Å². The number of ether oxygens (including phenoxy) is 1. The quantitative estimate of drug-likeness (QED) is 0.790. The fraction of sp³-hybridized carbons (Fsp3) is 0.300. The number of carboxylic acids is 1. The van der Waals surface area contributed by atoms with E-state index in [1.165, 1.54) is 12.1 Å². The summed E-state index contributed by atoms with van der Waals surface area (Å²) >= 11 is 0. The van der Waals surface area contributed by atoms with Crippen LogP contribution in [0.1, 0.15) is 18.5 Å². The molecule has 1 aromatic rings. The first-order valence-electron chi connectivity index (χ1n) is 4.47. The first-order valence-corrected chi connectivity index (χ1v) is 4.47. The molecule has 1 aromatic carbocycles. The minimum Gasteiger partial charge on any atom is -0.494 e. The molecule has 0 aromatic heterocycles. The molecule has 15 heavy (non-hydrogen) atoms. The number of hydrogen-bond acceptors (Lipinski definition) is 3. The summed E-state index contributed by atoms with van der Waals surface area (Å²) in [6.45, 7) is 2.12. The summed E-state index contributed by atoms with van der Waals surface area (Å²) < 4.78 is 18.1. The predicted molar refractivity (Wildman–Crippen MR) is 52.1 cm³/mol. The molecule has 0 aliphatic heterocycles. The van der Waals surface area contributed by atoms with Crippen LogP contribution in [-0.4, -0.2) is 17.7 Å². The first-order chi connectivity index (χ1) is 7.06. The maximum Gasteiger partial charge on any atom is 0.325 e. The van der Waals surface area contributed by atoms with Crippen molar-refractivity contribution in [1.82, 2.24) is 0 Å². The van der Waals surface area contributed by atoms with Crippen molar-refractivity contribution in [1.29, 1.82) is 0 Å². The number of benzene rings is 1. The van der Waals surface area contributed by atoms with E-state index in [1.807, 2.05) is 0 Å². The molecule has 4 nitrogen and oxygen atoms in total. The summed E-state index contributed by atoms with van der Waals surface area (Å²) in [5.74, 6) is -1.46. The number of carboxylic acid groups (broad SMARTS) is 1. The molecule has 1 atom stereocenters. The molecule has 0 radical (unpaired) electrons. The van der Waals surface area contributed by atoms with Gasteiger partial charge in [-0.1, -0.05) is 0 Å². The molecule has 0 aliphatic rings. The van der Waals surface area contributed by atoms with Crippen LogP contribution in [0.3, 0.4) is 0 Å². The molecule has 0 heterocycles. The highest BCUT2D eigenvalue weighted by molar-refractivity contribution is 5.76. The van der Waals surface area contributed by atoms with E-state index in [2.05, 4.69) is 0 Å². The molecule has 1 unspecified atom stereocenters. The lowest BCUT2D eigenvalue weighted by Gasteiger charge is -2.13. The van der Waals surface area contributed by atoms with Crippen molar-refractivity contribution in [2.24, 2.45) is 5.73 Å². The molecule has 0 amide bonds. The Morgan fingerprint density at radius 1 is 1.67 bits per heavy atom. The maximum absolute atomic E-state index is 12.9. The highest BCUT2D eigenvalue weighted by Crippen LogP contribution is 2.25. The summed E-state index contributed by atoms with van der Waals surface area (Å²) in [4.78, 5) is 10.7. The number of nitrogens with two attached hydrogens (primary N) is 1. The lowest BCUT2D eigenvalue weighted by molar-refractivity contribution is -0.138. The van der Waals surface area contributed by atoms with E-state index in [0.717, 1.165) is 6.07 Å². The molecule has 0 fully saturated rings. The van der Waals surface area contributed by atoms with Crippen LogP contribution in [0.4, 0.5) is 4.39 Å². The number of aliphatic carboxylic acids is 1. The van der Waals surface area contributed by atoms with Crippen LogP contribution >= 0.6 is 0 Å². The Hall–Kier alpha value is -1.62. The van der Waals surface area contributed by atoms with Crippen LogP contribution in [0.15, 0.2) is 18.2 Å². The Morgan fingerprint density at radius 3 is 2.87 bits per heavy atom. The Bertz CT molecular complexity index is 368. The second-order valence-corrected chi connectivity index (χ2v) is 2.93. The normalized spacial score (nSPS) is 12.2. The molecule has 3 N–H and O–H groups in total. The molecule has 0 aliphatic carbocycles. The van der Waals surface area contributed by atoms with Crippen molar-refractivity contribution in [2.75, 3.05) is 6.61 Å². The van der Waals surface area contributed by atoms with Gasteiger partial charge in [-0.25, -0.2) is 4.39 Å². The number of rotatable bonds is 4. The highest BCUT2D eigenvalue weighted by atomic mass is 19.1. The van der Waals surface area contributed by atoms with Crippen molar-refractivity contribution in [3.63, 3.8) is 0 Å². The predicted octanol–water partition coefficient (Wildman–Crippen LogP) is 1.31. The van der Waals surface area contributed by atoms with E-state index in [1.54, 1.807) is 6.92 Å². The summed E-state index contributed by atoms with van der Waals surface area (Å²) in [5.41, 5.74) is 5.53. The summed E-state index contributed by atoms with van der Waals surface area (Å²) in [7, 11) is 0. The van der Waals surface area contributed by atoms with Gasteiger partial charge >= 0.3 is 5.97 Å². The van der Waals surface area contributed by atoms with E-state index < -0.39 is 17.8 Å². The maximum atomic E-state index is 12.9. The zero-order chi connectivity index (χ0) is 11.4. The second-order valence-electron chi connectivity index (χ2n) is 2.93. The van der Waals surface area contributed by atoms with Crippen molar-refractivity contribution in [3.8, 4) is 5.75 Å². The van der Waals surface area contributed by atoms with Crippen molar-refractivity contribution >= 4 is 5.97 Å². The Kier molecular flexibility index (Phi) is 3.62. The number of hydrogen-bond donors (Lipinski definition) is 2. The van der Waals surface area contributed by atoms with E-state index in [4.69, 9.17) is 15.6 Å². The van der Waals surface area contributed by atoms with Gasteiger partial charge in [0.15, 0.2) is 0 Å². The third-order valence-corrected chi connectivity index (χ3v) is 1.87. The summed E-state index contributed by atoms with van der Waals surface area (Å²) in [5, 5.41) is 8.72. The van der Waals surface area contributed by atoms with E-state index in [-0.39, 0.29) is 5.56 Å². The topological polar surface area (TPSA) is 72.5 Å². The summed E-state index contributed by atoms with van der Waals surface area (Å²) in [6.07, 6.45) is 0. The van der Waals surface area contributed by atoms with Gasteiger partial charge in [-0.2, -0.15) is 0 Å². The van der Waals surface area contributed by atoms with Gasteiger partial charge < -0.3 is 15.6 Å². The molecule has 0 saturated carbocycles. The number of carbonyl (C=O) groups is 1. The highest BCUT2D eigenvalue weighted by Gasteiger charge is 2.19. The number of halogens is 1. The molecule has 5 heteroatoms. The van der Waals surface area contributed by atoms with Gasteiger partial charge in [0.1, 0.15) is 17.6 Å². The van der Waals surface area contributed by atoms with E-state index in [9.17, 15) is 9.18 Å². The average molecular weight is 213 g/mol. The minimum absolute atomic E-state index is 0.143. The van der Waals surface area contributed by atoms with E-state index >= 15 is 0 Å². The Morgan fingerprint density at radius 2 is 2.33 bits per heavy atom. The van der Waals surface area contributed by atoms with Crippen LogP contribution in [-0.2, 0) is 4.79 Å². The second kappa shape index (κ2) is 4.75. The third-order valence-electron chi connectivity index (χ3n) is 1.87.